The summed E-state index contributed by atoms with van der Waals surface area (Å²) in [5, 5.41) is 2.98. The first kappa shape index (κ1) is 21.2. The van der Waals surface area contributed by atoms with Crippen LogP contribution in [-0.2, 0) is 9.59 Å². The number of hydrogen-bond donors (Lipinski definition) is 1. The van der Waals surface area contributed by atoms with Crippen LogP contribution in [0.4, 0.5) is 11.4 Å². The Kier molecular flexibility index (Phi) is 6.42. The molecule has 4 nitrogen and oxygen atoms in total. The number of benzene rings is 3. The standard InChI is InChI=1S/C26H26N2O2S/c1-3-23(19-9-5-4-6-10-19)25(30)27-21-14-12-20(13-15-21)26-28(24(29)17-31-26)22-11-7-8-18(2)16-22/h4-16,23,26H,3,17H2,1-2H3,(H,27,30)/t23-,26+/m0/s1. The van der Waals surface area contributed by atoms with Crippen molar-refractivity contribution in [3.05, 3.63) is 95.6 Å². The van der Waals surface area contributed by atoms with Crippen molar-refractivity contribution >= 4 is 35.0 Å². The molecule has 5 heteroatoms. The fraction of sp³-hybridized carbons (Fsp3) is 0.231. The highest BCUT2D eigenvalue weighted by molar-refractivity contribution is 8.00. The van der Waals surface area contributed by atoms with E-state index in [1.807, 2.05) is 97.6 Å². The Morgan fingerprint density at radius 3 is 2.48 bits per heavy atom. The molecule has 1 heterocycles. The molecule has 0 aromatic heterocycles. The second-order valence-electron chi connectivity index (χ2n) is 7.75. The first-order chi connectivity index (χ1) is 15.1. The second kappa shape index (κ2) is 9.40. The molecule has 31 heavy (non-hydrogen) atoms. The van der Waals surface area contributed by atoms with Crippen molar-refractivity contribution in [3.63, 3.8) is 0 Å². The Morgan fingerprint density at radius 1 is 1.06 bits per heavy atom. The molecule has 0 unspecified atom stereocenters. The molecule has 1 saturated heterocycles. The van der Waals surface area contributed by atoms with Gasteiger partial charge in [0.1, 0.15) is 5.37 Å². The van der Waals surface area contributed by atoms with E-state index in [1.54, 1.807) is 11.8 Å². The van der Waals surface area contributed by atoms with Gasteiger partial charge in [0.25, 0.3) is 0 Å². The van der Waals surface area contributed by atoms with Gasteiger partial charge in [-0.15, -0.1) is 11.8 Å². The number of carbonyl (C=O) groups is 2. The molecule has 3 aromatic rings. The van der Waals surface area contributed by atoms with Crippen molar-refractivity contribution in [2.75, 3.05) is 16.0 Å². The molecule has 158 valence electrons. The predicted octanol–water partition coefficient (Wildman–Crippen LogP) is 5.91. The zero-order valence-corrected chi connectivity index (χ0v) is 18.6. The van der Waals surface area contributed by atoms with E-state index in [-0.39, 0.29) is 23.1 Å². The van der Waals surface area contributed by atoms with Crippen molar-refractivity contribution in [1.29, 1.82) is 0 Å². The molecule has 0 aliphatic carbocycles. The monoisotopic (exact) mass is 430 g/mol. The number of nitrogens with one attached hydrogen (secondary N) is 1. The van der Waals surface area contributed by atoms with Crippen molar-refractivity contribution < 1.29 is 9.59 Å². The highest BCUT2D eigenvalue weighted by Crippen LogP contribution is 2.42. The lowest BCUT2D eigenvalue weighted by molar-refractivity contribution is -0.118. The molecular weight excluding hydrogens is 404 g/mol. The number of hydrogen-bond acceptors (Lipinski definition) is 3. The van der Waals surface area contributed by atoms with Gasteiger partial charge >= 0.3 is 0 Å². The third-order valence-corrected chi connectivity index (χ3v) is 6.75. The number of rotatable bonds is 6. The summed E-state index contributed by atoms with van der Waals surface area (Å²) < 4.78 is 0. The molecule has 1 fully saturated rings. The maximum Gasteiger partial charge on any atom is 0.238 e. The van der Waals surface area contributed by atoms with Crippen molar-refractivity contribution in [2.24, 2.45) is 0 Å². The maximum absolute atomic E-state index is 12.8. The average molecular weight is 431 g/mol. The summed E-state index contributed by atoms with van der Waals surface area (Å²) in [6.45, 7) is 4.05. The van der Waals surface area contributed by atoms with Crippen LogP contribution in [0.15, 0.2) is 78.9 Å². The summed E-state index contributed by atoms with van der Waals surface area (Å²) in [5.74, 6) is 0.396. The van der Waals surface area contributed by atoms with Gasteiger partial charge in [-0.25, -0.2) is 0 Å². The SMILES string of the molecule is CC[C@H](C(=O)Nc1ccc([C@H]2SCC(=O)N2c2cccc(C)c2)cc1)c1ccccc1. The fourth-order valence-electron chi connectivity index (χ4n) is 3.95. The van der Waals surface area contributed by atoms with Crippen molar-refractivity contribution in [3.8, 4) is 0 Å². The quantitative estimate of drug-likeness (QED) is 0.529. The Hall–Kier alpha value is -3.05. The van der Waals surface area contributed by atoms with Crippen LogP contribution in [0.25, 0.3) is 0 Å². The van der Waals surface area contributed by atoms with Gasteiger partial charge in [0.05, 0.1) is 11.7 Å². The second-order valence-corrected chi connectivity index (χ2v) is 8.82. The van der Waals surface area contributed by atoms with Crippen molar-refractivity contribution in [2.45, 2.75) is 31.6 Å². The molecule has 2 atom stereocenters. The highest BCUT2D eigenvalue weighted by Gasteiger charge is 2.34. The van der Waals surface area contributed by atoms with Crippen LogP contribution in [0, 0.1) is 6.92 Å². The topological polar surface area (TPSA) is 49.4 Å². The number of amides is 2. The van der Waals surface area contributed by atoms with Crippen LogP contribution < -0.4 is 10.2 Å². The number of aryl methyl sites for hydroxylation is 1. The summed E-state index contributed by atoms with van der Waals surface area (Å²) in [4.78, 5) is 27.3. The van der Waals surface area contributed by atoms with E-state index in [1.165, 1.54) is 0 Å². The van der Waals surface area contributed by atoms with Gasteiger partial charge in [0.2, 0.25) is 11.8 Å². The lowest BCUT2D eigenvalue weighted by Crippen LogP contribution is -2.27. The predicted molar refractivity (Wildman–Crippen MR) is 128 cm³/mol. The summed E-state index contributed by atoms with van der Waals surface area (Å²) in [5.41, 5.74) is 4.88. The molecule has 0 spiro atoms. The summed E-state index contributed by atoms with van der Waals surface area (Å²) in [7, 11) is 0. The van der Waals surface area contributed by atoms with Crippen molar-refractivity contribution in [1.82, 2.24) is 0 Å². The molecule has 1 aliphatic heterocycles. The molecule has 2 amide bonds. The molecule has 3 aromatic carbocycles. The Morgan fingerprint density at radius 2 is 1.81 bits per heavy atom. The molecule has 0 bridgehead atoms. The van der Waals surface area contributed by atoms with Crippen LogP contribution in [0.5, 0.6) is 0 Å². The minimum absolute atomic E-state index is 0.00624. The lowest BCUT2D eigenvalue weighted by Gasteiger charge is -2.25. The van der Waals surface area contributed by atoms with Crippen LogP contribution in [0.2, 0.25) is 0 Å². The molecule has 4 rings (SSSR count). The van der Waals surface area contributed by atoms with E-state index in [4.69, 9.17) is 0 Å². The van der Waals surface area contributed by atoms with Crippen LogP contribution >= 0.6 is 11.8 Å². The average Bonchev–Trinajstić information content (AvgIpc) is 3.17. The summed E-state index contributed by atoms with van der Waals surface area (Å²) in [6, 6.07) is 25.7. The number of thioether (sulfide) groups is 1. The number of carbonyl (C=O) groups excluding carboxylic acids is 2. The van der Waals surface area contributed by atoms with Gasteiger partial charge in [0.15, 0.2) is 0 Å². The number of nitrogens with zero attached hydrogens (tertiary/aromatic N) is 1. The Bertz CT molecular complexity index is 1070. The van der Waals surface area contributed by atoms with Gasteiger partial charge in [-0.05, 0) is 54.3 Å². The minimum Gasteiger partial charge on any atom is -0.326 e. The molecular formula is C26H26N2O2S. The third-order valence-electron chi connectivity index (χ3n) is 5.54. The molecule has 1 aliphatic rings. The molecule has 0 radical (unpaired) electrons. The van der Waals surface area contributed by atoms with Crippen LogP contribution in [0.1, 0.15) is 41.3 Å². The number of anilines is 2. The molecule has 1 N–H and O–H groups in total. The highest BCUT2D eigenvalue weighted by atomic mass is 32.2. The maximum atomic E-state index is 12.8. The first-order valence-electron chi connectivity index (χ1n) is 10.5. The summed E-state index contributed by atoms with van der Waals surface area (Å²) in [6.07, 6.45) is 0.736. The van der Waals surface area contributed by atoms with Gasteiger partial charge in [-0.1, -0.05) is 61.5 Å². The van der Waals surface area contributed by atoms with Gasteiger partial charge < -0.3 is 5.32 Å². The summed E-state index contributed by atoms with van der Waals surface area (Å²) >= 11 is 1.63. The van der Waals surface area contributed by atoms with Gasteiger partial charge in [0, 0.05) is 11.4 Å². The minimum atomic E-state index is -0.180. The first-order valence-corrected chi connectivity index (χ1v) is 11.6. The molecule has 0 saturated carbocycles. The normalized spacial score (nSPS) is 16.9. The Balaban J connectivity index is 1.50. The van der Waals surface area contributed by atoms with E-state index >= 15 is 0 Å². The lowest BCUT2D eigenvalue weighted by atomic mass is 9.95. The zero-order chi connectivity index (χ0) is 21.8. The van der Waals surface area contributed by atoms with Crippen LogP contribution in [0.3, 0.4) is 0 Å². The smallest absolute Gasteiger partial charge is 0.238 e. The van der Waals surface area contributed by atoms with Crippen LogP contribution in [-0.4, -0.2) is 17.6 Å². The van der Waals surface area contributed by atoms with E-state index < -0.39 is 0 Å². The fourth-order valence-corrected chi connectivity index (χ4v) is 5.12. The third kappa shape index (κ3) is 4.67. The largest absolute Gasteiger partial charge is 0.326 e. The van der Waals surface area contributed by atoms with Gasteiger partial charge in [-0.3, -0.25) is 14.5 Å². The van der Waals surface area contributed by atoms with E-state index in [9.17, 15) is 9.59 Å². The zero-order valence-electron chi connectivity index (χ0n) is 17.7. The van der Waals surface area contributed by atoms with E-state index in [0.29, 0.717) is 5.75 Å². The van der Waals surface area contributed by atoms with E-state index in [2.05, 4.69) is 5.32 Å². The Labute approximate surface area is 187 Å². The van der Waals surface area contributed by atoms with Gasteiger partial charge in [-0.2, -0.15) is 0 Å². The van der Waals surface area contributed by atoms with E-state index in [0.717, 1.165) is 34.5 Å².